The predicted molar refractivity (Wildman–Crippen MR) is 60.5 cm³/mol. The Morgan fingerprint density at radius 1 is 1.57 bits per heavy atom. The number of thiocarbonyl (C=S) groups is 1. The average molecular weight is 210 g/mol. The summed E-state index contributed by atoms with van der Waals surface area (Å²) in [4.78, 5) is 4.04. The Balaban J connectivity index is 2.62. The number of hydrogen-bond donors (Lipinski definition) is 2. The highest BCUT2D eigenvalue weighted by Gasteiger charge is 2.05. The van der Waals surface area contributed by atoms with E-state index in [0.29, 0.717) is 11.7 Å². The molecule has 0 aromatic carbocycles. The van der Waals surface area contributed by atoms with Gasteiger partial charge in [0.15, 0.2) is 5.11 Å². The molecule has 1 aromatic rings. The molecule has 4 nitrogen and oxygen atoms in total. The van der Waals surface area contributed by atoms with E-state index in [1.807, 2.05) is 30.4 Å². The standard InChI is InChI=1S/C9H14N4S/c1-10-9(14)13(11-2)7-8-4-3-5-12-6-8/h3-6,11H,7H2,1-2H3,(H,10,14). The van der Waals surface area contributed by atoms with E-state index in [-0.39, 0.29) is 0 Å². The first-order valence-electron chi connectivity index (χ1n) is 4.33. The van der Waals surface area contributed by atoms with E-state index >= 15 is 0 Å². The molecule has 0 saturated heterocycles. The molecule has 0 aliphatic rings. The minimum atomic E-state index is 0.663. The Bertz CT molecular complexity index is 288. The quantitative estimate of drug-likeness (QED) is 0.562. The lowest BCUT2D eigenvalue weighted by Gasteiger charge is -2.23. The highest BCUT2D eigenvalue weighted by molar-refractivity contribution is 7.80. The number of hydrogen-bond acceptors (Lipinski definition) is 3. The van der Waals surface area contributed by atoms with E-state index in [4.69, 9.17) is 12.2 Å². The second kappa shape index (κ2) is 5.51. The van der Waals surface area contributed by atoms with Gasteiger partial charge in [-0.3, -0.25) is 9.99 Å². The van der Waals surface area contributed by atoms with Crippen LogP contribution >= 0.6 is 12.2 Å². The molecule has 1 rings (SSSR count). The third kappa shape index (κ3) is 2.93. The van der Waals surface area contributed by atoms with E-state index < -0.39 is 0 Å². The lowest BCUT2D eigenvalue weighted by atomic mass is 10.3. The van der Waals surface area contributed by atoms with Crippen molar-refractivity contribution in [3.63, 3.8) is 0 Å². The van der Waals surface area contributed by atoms with Crippen LogP contribution in [0.2, 0.25) is 0 Å². The second-order valence-corrected chi connectivity index (χ2v) is 3.11. The minimum absolute atomic E-state index is 0.663. The fourth-order valence-electron chi connectivity index (χ4n) is 1.06. The van der Waals surface area contributed by atoms with Gasteiger partial charge in [0.25, 0.3) is 0 Å². The number of pyridine rings is 1. The highest BCUT2D eigenvalue weighted by atomic mass is 32.1. The summed E-state index contributed by atoms with van der Waals surface area (Å²) in [5.41, 5.74) is 4.11. The highest BCUT2D eigenvalue weighted by Crippen LogP contribution is 2.00. The van der Waals surface area contributed by atoms with Gasteiger partial charge in [-0.15, -0.1) is 0 Å². The van der Waals surface area contributed by atoms with Crippen molar-refractivity contribution in [3.8, 4) is 0 Å². The molecule has 0 aliphatic carbocycles. The first-order chi connectivity index (χ1) is 6.77. The van der Waals surface area contributed by atoms with Crippen LogP contribution in [0.5, 0.6) is 0 Å². The summed E-state index contributed by atoms with van der Waals surface area (Å²) in [5.74, 6) is 0. The van der Waals surface area contributed by atoms with Gasteiger partial charge in [0.2, 0.25) is 0 Å². The van der Waals surface area contributed by atoms with Gasteiger partial charge in [0.1, 0.15) is 0 Å². The summed E-state index contributed by atoms with van der Waals surface area (Å²) >= 11 is 5.11. The van der Waals surface area contributed by atoms with Crippen LogP contribution in [0.4, 0.5) is 0 Å². The predicted octanol–water partition coefficient (Wildman–Crippen LogP) is 0.522. The van der Waals surface area contributed by atoms with Gasteiger partial charge in [-0.1, -0.05) is 6.07 Å². The topological polar surface area (TPSA) is 40.2 Å². The van der Waals surface area contributed by atoms with Gasteiger partial charge in [-0.05, 0) is 23.8 Å². The van der Waals surface area contributed by atoms with Crippen LogP contribution in [0.1, 0.15) is 5.56 Å². The van der Waals surface area contributed by atoms with Gasteiger partial charge in [-0.2, -0.15) is 0 Å². The smallest absolute Gasteiger partial charge is 0.183 e. The molecule has 76 valence electrons. The van der Waals surface area contributed by atoms with Crippen LogP contribution in [-0.4, -0.2) is 29.2 Å². The largest absolute Gasteiger partial charge is 0.365 e. The first kappa shape index (κ1) is 10.9. The maximum absolute atomic E-state index is 5.11. The normalized spacial score (nSPS) is 9.57. The molecule has 2 N–H and O–H groups in total. The zero-order chi connectivity index (χ0) is 10.4. The molecule has 0 aliphatic heterocycles. The van der Waals surface area contributed by atoms with Crippen LogP contribution in [0.25, 0.3) is 0 Å². The van der Waals surface area contributed by atoms with Crippen molar-refractivity contribution in [2.45, 2.75) is 6.54 Å². The number of nitrogens with zero attached hydrogens (tertiary/aromatic N) is 2. The summed E-state index contributed by atoms with van der Waals surface area (Å²) in [6, 6.07) is 3.92. The van der Waals surface area contributed by atoms with Gasteiger partial charge in [0.05, 0.1) is 6.54 Å². The van der Waals surface area contributed by atoms with Gasteiger partial charge >= 0.3 is 0 Å². The van der Waals surface area contributed by atoms with E-state index in [2.05, 4.69) is 15.7 Å². The molecule has 0 spiro atoms. The fraction of sp³-hybridized carbons (Fsp3) is 0.333. The zero-order valence-electron chi connectivity index (χ0n) is 8.32. The molecule has 1 heterocycles. The number of hydrazine groups is 1. The lowest BCUT2D eigenvalue weighted by Crippen LogP contribution is -2.44. The fourth-order valence-corrected chi connectivity index (χ4v) is 1.22. The molecule has 0 fully saturated rings. The molecule has 0 saturated carbocycles. The molecular formula is C9H14N4S. The van der Waals surface area contributed by atoms with E-state index in [9.17, 15) is 0 Å². The summed E-state index contributed by atoms with van der Waals surface area (Å²) in [6.45, 7) is 0.698. The van der Waals surface area contributed by atoms with Crippen molar-refractivity contribution in [1.29, 1.82) is 0 Å². The SMILES string of the molecule is CNC(=S)N(Cc1cccnc1)NC. The lowest BCUT2D eigenvalue weighted by molar-refractivity contribution is 0.328. The van der Waals surface area contributed by atoms with Crippen LogP contribution < -0.4 is 10.7 Å². The molecule has 0 unspecified atom stereocenters. The Kier molecular flexibility index (Phi) is 4.28. The van der Waals surface area contributed by atoms with Gasteiger partial charge < -0.3 is 5.32 Å². The zero-order valence-corrected chi connectivity index (χ0v) is 9.14. The second-order valence-electron chi connectivity index (χ2n) is 2.73. The molecular weight excluding hydrogens is 196 g/mol. The third-order valence-corrected chi connectivity index (χ3v) is 2.22. The number of nitrogens with one attached hydrogen (secondary N) is 2. The maximum Gasteiger partial charge on any atom is 0.183 e. The van der Waals surface area contributed by atoms with Crippen molar-refractivity contribution in [1.82, 2.24) is 20.7 Å². The Morgan fingerprint density at radius 2 is 2.36 bits per heavy atom. The van der Waals surface area contributed by atoms with Crippen molar-refractivity contribution in [3.05, 3.63) is 30.1 Å². The molecule has 5 heteroatoms. The number of rotatable bonds is 3. The summed E-state index contributed by atoms with van der Waals surface area (Å²) < 4.78 is 0. The van der Waals surface area contributed by atoms with Crippen molar-refractivity contribution in [2.75, 3.05) is 14.1 Å². The number of aromatic nitrogens is 1. The molecule has 0 amide bonds. The van der Waals surface area contributed by atoms with Gasteiger partial charge in [-0.25, -0.2) is 5.43 Å². The molecule has 0 bridgehead atoms. The Hall–Kier alpha value is -1.20. The minimum Gasteiger partial charge on any atom is -0.365 e. The van der Waals surface area contributed by atoms with Crippen molar-refractivity contribution >= 4 is 17.3 Å². The summed E-state index contributed by atoms with van der Waals surface area (Å²) in [7, 11) is 3.63. The van der Waals surface area contributed by atoms with E-state index in [0.717, 1.165) is 5.56 Å². The van der Waals surface area contributed by atoms with Crippen LogP contribution in [0.15, 0.2) is 24.5 Å². The van der Waals surface area contributed by atoms with Crippen LogP contribution in [0, 0.1) is 0 Å². The Labute approximate surface area is 89.3 Å². The summed E-state index contributed by atoms with van der Waals surface area (Å²) in [6.07, 6.45) is 3.58. The van der Waals surface area contributed by atoms with Gasteiger partial charge in [0, 0.05) is 26.5 Å². The maximum atomic E-state index is 5.11. The van der Waals surface area contributed by atoms with E-state index in [1.54, 1.807) is 13.2 Å². The molecule has 0 atom stereocenters. The molecule has 0 radical (unpaired) electrons. The first-order valence-corrected chi connectivity index (χ1v) is 4.74. The van der Waals surface area contributed by atoms with Crippen LogP contribution in [-0.2, 0) is 6.54 Å². The molecule has 14 heavy (non-hydrogen) atoms. The third-order valence-electron chi connectivity index (χ3n) is 1.79. The van der Waals surface area contributed by atoms with Crippen molar-refractivity contribution < 1.29 is 0 Å². The monoisotopic (exact) mass is 210 g/mol. The summed E-state index contributed by atoms with van der Waals surface area (Å²) in [5, 5.41) is 5.41. The Morgan fingerprint density at radius 3 is 2.86 bits per heavy atom. The van der Waals surface area contributed by atoms with Crippen LogP contribution in [0.3, 0.4) is 0 Å². The average Bonchev–Trinajstić information content (AvgIpc) is 2.26. The van der Waals surface area contributed by atoms with Crippen molar-refractivity contribution in [2.24, 2.45) is 0 Å². The molecule has 1 aromatic heterocycles. The van der Waals surface area contributed by atoms with E-state index in [1.165, 1.54) is 0 Å².